The van der Waals surface area contributed by atoms with Crippen molar-refractivity contribution in [3.05, 3.63) is 33.9 Å². The molecular formula is C17H22N2O6. The van der Waals surface area contributed by atoms with Gasteiger partial charge in [-0.15, -0.1) is 0 Å². The highest BCUT2D eigenvalue weighted by atomic mass is 16.6. The third-order valence-corrected chi connectivity index (χ3v) is 4.03. The zero-order valence-corrected chi connectivity index (χ0v) is 14.4. The van der Waals surface area contributed by atoms with Crippen LogP contribution >= 0.6 is 0 Å². The van der Waals surface area contributed by atoms with E-state index in [0.717, 1.165) is 18.9 Å². The van der Waals surface area contributed by atoms with E-state index in [1.807, 2.05) is 0 Å². The van der Waals surface area contributed by atoms with Crippen LogP contribution in [0.5, 0.6) is 5.75 Å². The molecule has 1 aliphatic heterocycles. The maximum absolute atomic E-state index is 12.1. The molecule has 1 atom stereocenters. The molecule has 1 aliphatic rings. The van der Waals surface area contributed by atoms with Gasteiger partial charge in [0.1, 0.15) is 0 Å². The minimum absolute atomic E-state index is 0.00923. The highest BCUT2D eigenvalue weighted by Crippen LogP contribution is 2.28. The summed E-state index contributed by atoms with van der Waals surface area (Å²) in [5.41, 5.74) is -0.303. The van der Waals surface area contributed by atoms with Gasteiger partial charge in [0, 0.05) is 19.2 Å². The molecule has 0 aromatic heterocycles. The van der Waals surface area contributed by atoms with Crippen LogP contribution in [-0.2, 0) is 9.53 Å². The van der Waals surface area contributed by atoms with Crippen LogP contribution in [-0.4, -0.2) is 48.0 Å². The normalized spacial score (nSPS) is 17.0. The first-order valence-corrected chi connectivity index (χ1v) is 8.28. The van der Waals surface area contributed by atoms with Crippen molar-refractivity contribution >= 4 is 17.6 Å². The maximum atomic E-state index is 12.1. The van der Waals surface area contributed by atoms with Crippen molar-refractivity contribution in [3.63, 3.8) is 0 Å². The Hall–Kier alpha value is -2.64. The summed E-state index contributed by atoms with van der Waals surface area (Å²) in [5, 5.41) is 11.1. The second-order valence-electron chi connectivity index (χ2n) is 6.04. The number of piperidine rings is 1. The zero-order chi connectivity index (χ0) is 18.4. The molecule has 0 spiro atoms. The van der Waals surface area contributed by atoms with E-state index < -0.39 is 10.9 Å². The first-order valence-electron chi connectivity index (χ1n) is 8.28. The van der Waals surface area contributed by atoms with Crippen LogP contribution in [0.3, 0.4) is 0 Å². The summed E-state index contributed by atoms with van der Waals surface area (Å²) < 4.78 is 10.2. The van der Waals surface area contributed by atoms with Crippen molar-refractivity contribution in [1.29, 1.82) is 0 Å². The number of amides is 1. The number of nitro benzene ring substituents is 1. The van der Waals surface area contributed by atoms with Gasteiger partial charge in [0.2, 0.25) is 0 Å². The van der Waals surface area contributed by atoms with Gasteiger partial charge >= 0.3 is 11.7 Å². The lowest BCUT2D eigenvalue weighted by Crippen LogP contribution is -2.41. The van der Waals surface area contributed by atoms with Crippen LogP contribution in [0.4, 0.5) is 5.69 Å². The molecule has 8 nitrogen and oxygen atoms in total. The van der Waals surface area contributed by atoms with Crippen LogP contribution in [0.2, 0.25) is 0 Å². The fraction of sp³-hybridized carbons (Fsp3) is 0.529. The number of hydrogen-bond acceptors (Lipinski definition) is 6. The Labute approximate surface area is 145 Å². The fourth-order valence-electron chi connectivity index (χ4n) is 2.78. The van der Waals surface area contributed by atoms with E-state index >= 15 is 0 Å². The molecule has 0 radical (unpaired) electrons. The number of carbonyl (C=O) groups excluding carboxylic acids is 2. The van der Waals surface area contributed by atoms with Gasteiger partial charge in [0.15, 0.2) is 12.4 Å². The molecule has 1 saturated heterocycles. The van der Waals surface area contributed by atoms with Crippen LogP contribution in [0.1, 0.15) is 37.0 Å². The Morgan fingerprint density at radius 3 is 2.80 bits per heavy atom. The molecule has 0 aliphatic carbocycles. The van der Waals surface area contributed by atoms with Crippen molar-refractivity contribution in [2.24, 2.45) is 5.92 Å². The summed E-state index contributed by atoms with van der Waals surface area (Å²) in [6.07, 6.45) is 2.02. The average Bonchev–Trinajstić information content (AvgIpc) is 2.59. The predicted molar refractivity (Wildman–Crippen MR) is 89.5 cm³/mol. The van der Waals surface area contributed by atoms with Gasteiger partial charge in [-0.25, -0.2) is 4.79 Å². The van der Waals surface area contributed by atoms with Gasteiger partial charge in [-0.3, -0.25) is 14.9 Å². The van der Waals surface area contributed by atoms with E-state index in [2.05, 4.69) is 6.92 Å². The standard InChI is InChI=1S/C17H22N2O6/c1-3-24-15-7-6-13(9-14(15)19(22)23)17(21)25-11-16(20)18-8-4-5-12(2)10-18/h6-7,9,12H,3-5,8,10-11H2,1-2H3/t12-/m0/s1. The quantitative estimate of drug-likeness (QED) is 0.444. The topological polar surface area (TPSA) is 99.0 Å². The molecule has 25 heavy (non-hydrogen) atoms. The molecule has 1 heterocycles. The molecule has 0 unspecified atom stereocenters. The van der Waals surface area contributed by atoms with Crippen LogP contribution in [0.15, 0.2) is 18.2 Å². The van der Waals surface area contributed by atoms with Crippen molar-refractivity contribution in [1.82, 2.24) is 4.90 Å². The Morgan fingerprint density at radius 1 is 1.40 bits per heavy atom. The van der Waals surface area contributed by atoms with Crippen molar-refractivity contribution < 1.29 is 24.0 Å². The summed E-state index contributed by atoms with van der Waals surface area (Å²) in [6, 6.07) is 3.83. The zero-order valence-electron chi connectivity index (χ0n) is 14.4. The number of nitro groups is 1. The van der Waals surface area contributed by atoms with E-state index in [1.54, 1.807) is 11.8 Å². The van der Waals surface area contributed by atoms with Gasteiger partial charge in [-0.1, -0.05) is 6.92 Å². The molecule has 1 aromatic carbocycles. The van der Waals surface area contributed by atoms with Crippen molar-refractivity contribution in [3.8, 4) is 5.75 Å². The lowest BCUT2D eigenvalue weighted by atomic mass is 10.0. The van der Waals surface area contributed by atoms with E-state index in [0.29, 0.717) is 19.0 Å². The second-order valence-corrected chi connectivity index (χ2v) is 6.04. The van der Waals surface area contributed by atoms with E-state index in [9.17, 15) is 19.7 Å². The lowest BCUT2D eigenvalue weighted by molar-refractivity contribution is -0.385. The lowest BCUT2D eigenvalue weighted by Gasteiger charge is -2.30. The number of ether oxygens (including phenoxy) is 2. The molecule has 8 heteroatoms. The first kappa shape index (κ1) is 18.7. The van der Waals surface area contributed by atoms with Crippen molar-refractivity contribution in [2.75, 3.05) is 26.3 Å². The van der Waals surface area contributed by atoms with Gasteiger partial charge in [0.05, 0.1) is 17.1 Å². The Balaban J connectivity index is 1.99. The molecular weight excluding hydrogens is 328 g/mol. The van der Waals surface area contributed by atoms with Gasteiger partial charge in [0.25, 0.3) is 5.91 Å². The highest BCUT2D eigenvalue weighted by molar-refractivity contribution is 5.92. The number of nitrogens with zero attached hydrogens (tertiary/aromatic N) is 2. The molecule has 2 rings (SSSR count). The third kappa shape index (κ3) is 4.91. The fourth-order valence-corrected chi connectivity index (χ4v) is 2.78. The summed E-state index contributed by atoms with van der Waals surface area (Å²) >= 11 is 0. The van der Waals surface area contributed by atoms with E-state index in [-0.39, 0.29) is 36.1 Å². The van der Waals surface area contributed by atoms with Gasteiger partial charge < -0.3 is 14.4 Å². The largest absolute Gasteiger partial charge is 0.487 e. The molecule has 0 N–H and O–H groups in total. The minimum Gasteiger partial charge on any atom is -0.487 e. The molecule has 0 bridgehead atoms. The summed E-state index contributed by atoms with van der Waals surface area (Å²) in [6.45, 7) is 5.00. The highest BCUT2D eigenvalue weighted by Gasteiger charge is 2.23. The smallest absolute Gasteiger partial charge is 0.338 e. The number of carbonyl (C=O) groups is 2. The molecule has 136 valence electrons. The van der Waals surface area contributed by atoms with E-state index in [4.69, 9.17) is 9.47 Å². The summed E-state index contributed by atoms with van der Waals surface area (Å²) in [5.74, 6) is -0.505. The Morgan fingerprint density at radius 2 is 2.16 bits per heavy atom. The molecule has 1 amide bonds. The number of esters is 1. The number of benzene rings is 1. The summed E-state index contributed by atoms with van der Waals surface area (Å²) in [7, 11) is 0. The molecule has 0 saturated carbocycles. The predicted octanol–water partition coefficient (Wildman–Crippen LogP) is 2.41. The average molecular weight is 350 g/mol. The van der Waals surface area contributed by atoms with Crippen molar-refractivity contribution in [2.45, 2.75) is 26.7 Å². The first-order chi connectivity index (χ1) is 11.9. The molecule has 1 aromatic rings. The molecule has 1 fully saturated rings. The number of likely N-dealkylation sites (tertiary alicyclic amines) is 1. The van der Waals surface area contributed by atoms with Crippen LogP contribution in [0, 0.1) is 16.0 Å². The Bertz CT molecular complexity index is 661. The van der Waals surface area contributed by atoms with Gasteiger partial charge in [-0.05, 0) is 37.8 Å². The van der Waals surface area contributed by atoms with Gasteiger partial charge in [-0.2, -0.15) is 0 Å². The number of hydrogen-bond donors (Lipinski definition) is 0. The van der Waals surface area contributed by atoms with Crippen LogP contribution in [0.25, 0.3) is 0 Å². The monoisotopic (exact) mass is 350 g/mol. The maximum Gasteiger partial charge on any atom is 0.338 e. The van der Waals surface area contributed by atoms with Crippen LogP contribution < -0.4 is 4.74 Å². The minimum atomic E-state index is -0.774. The SMILES string of the molecule is CCOc1ccc(C(=O)OCC(=O)N2CCC[C@H](C)C2)cc1[N+](=O)[O-]. The Kier molecular flexibility index (Phi) is 6.32. The summed E-state index contributed by atoms with van der Waals surface area (Å²) in [4.78, 5) is 36.3. The second kappa shape index (κ2) is 8.46. The van der Waals surface area contributed by atoms with E-state index in [1.165, 1.54) is 12.1 Å². The third-order valence-electron chi connectivity index (χ3n) is 4.03. The number of rotatable bonds is 6.